The van der Waals surface area contributed by atoms with Gasteiger partial charge in [0.1, 0.15) is 0 Å². The highest BCUT2D eigenvalue weighted by Gasteiger charge is 2.30. The first-order chi connectivity index (χ1) is 11.7. The number of benzene rings is 1. The first-order valence-corrected chi connectivity index (χ1v) is 8.80. The Labute approximate surface area is 143 Å². The van der Waals surface area contributed by atoms with E-state index in [2.05, 4.69) is 17.9 Å². The largest absolute Gasteiger partial charge is 0.379 e. The van der Waals surface area contributed by atoms with E-state index in [1.807, 2.05) is 4.90 Å². The smallest absolute Gasteiger partial charge is 0.253 e. The lowest BCUT2D eigenvalue weighted by atomic mass is 9.89. The molecule has 2 aliphatic heterocycles. The van der Waals surface area contributed by atoms with Crippen molar-refractivity contribution in [3.63, 3.8) is 0 Å². The average Bonchev–Trinajstić information content (AvgIpc) is 2.67. The minimum absolute atomic E-state index is 0.0459. The van der Waals surface area contributed by atoms with E-state index in [1.54, 1.807) is 24.3 Å². The van der Waals surface area contributed by atoms with Gasteiger partial charge in [-0.25, -0.2) is 0 Å². The van der Waals surface area contributed by atoms with Gasteiger partial charge in [0.2, 0.25) is 0 Å². The highest BCUT2D eigenvalue weighted by molar-refractivity contribution is 5.94. The van der Waals surface area contributed by atoms with Crippen LogP contribution in [0.1, 0.15) is 35.7 Å². The van der Waals surface area contributed by atoms with Gasteiger partial charge in [-0.15, -0.1) is 0 Å². The number of morpholine rings is 1. The molecule has 0 radical (unpaired) electrons. The Bertz CT molecular complexity index is 611. The molecular formula is C19H25N3O2. The number of carbonyl (C=O) groups is 1. The number of likely N-dealkylation sites (tertiary alicyclic amines) is 1. The zero-order valence-corrected chi connectivity index (χ0v) is 14.3. The van der Waals surface area contributed by atoms with Gasteiger partial charge in [-0.2, -0.15) is 5.26 Å². The molecule has 0 saturated carbocycles. The fourth-order valence-electron chi connectivity index (χ4n) is 3.77. The second-order valence-electron chi connectivity index (χ2n) is 6.71. The van der Waals surface area contributed by atoms with E-state index in [0.717, 1.165) is 52.2 Å². The van der Waals surface area contributed by atoms with Crippen molar-refractivity contribution in [1.82, 2.24) is 9.80 Å². The zero-order valence-electron chi connectivity index (χ0n) is 14.3. The van der Waals surface area contributed by atoms with E-state index >= 15 is 0 Å². The van der Waals surface area contributed by atoms with Crippen molar-refractivity contribution in [1.29, 1.82) is 5.26 Å². The van der Waals surface area contributed by atoms with E-state index in [4.69, 9.17) is 10.00 Å². The second kappa shape index (κ2) is 7.78. The molecular weight excluding hydrogens is 302 g/mol. The van der Waals surface area contributed by atoms with Crippen LogP contribution in [0.25, 0.3) is 0 Å². The number of hydrogen-bond acceptors (Lipinski definition) is 4. The molecule has 2 saturated heterocycles. The van der Waals surface area contributed by atoms with Gasteiger partial charge in [0.05, 0.1) is 24.8 Å². The molecule has 1 atom stereocenters. The fraction of sp³-hybridized carbons (Fsp3) is 0.579. The van der Waals surface area contributed by atoms with Crippen molar-refractivity contribution in [2.45, 2.75) is 25.8 Å². The summed E-state index contributed by atoms with van der Waals surface area (Å²) in [5, 5.41) is 8.99. The Kier molecular flexibility index (Phi) is 5.49. The van der Waals surface area contributed by atoms with Crippen molar-refractivity contribution in [3.05, 3.63) is 35.4 Å². The SMILES string of the molecule is C[C@@H](C1CCN(C(=O)c2cccc(C#N)c2)CC1)N1CCOCC1. The summed E-state index contributed by atoms with van der Waals surface area (Å²) in [6.45, 7) is 7.60. The third kappa shape index (κ3) is 3.77. The lowest BCUT2D eigenvalue weighted by molar-refractivity contribution is -0.000951. The van der Waals surface area contributed by atoms with Crippen LogP contribution in [-0.4, -0.2) is 61.1 Å². The molecule has 0 bridgehead atoms. The topological polar surface area (TPSA) is 56.6 Å². The summed E-state index contributed by atoms with van der Waals surface area (Å²) in [4.78, 5) is 17.1. The van der Waals surface area contributed by atoms with Crippen LogP contribution in [0.5, 0.6) is 0 Å². The van der Waals surface area contributed by atoms with Crippen LogP contribution in [0.4, 0.5) is 0 Å². The van der Waals surface area contributed by atoms with Crippen LogP contribution in [0.15, 0.2) is 24.3 Å². The maximum Gasteiger partial charge on any atom is 0.253 e. The first-order valence-electron chi connectivity index (χ1n) is 8.80. The molecule has 2 fully saturated rings. The predicted octanol–water partition coefficient (Wildman–Crippen LogP) is 2.13. The summed E-state index contributed by atoms with van der Waals surface area (Å²) in [5.41, 5.74) is 1.16. The zero-order chi connectivity index (χ0) is 16.9. The number of hydrogen-bond donors (Lipinski definition) is 0. The Balaban J connectivity index is 1.56. The number of carbonyl (C=O) groups excluding carboxylic acids is 1. The monoisotopic (exact) mass is 327 g/mol. The quantitative estimate of drug-likeness (QED) is 0.853. The first kappa shape index (κ1) is 16.9. The van der Waals surface area contributed by atoms with Gasteiger partial charge in [0.25, 0.3) is 5.91 Å². The fourth-order valence-corrected chi connectivity index (χ4v) is 3.77. The number of nitriles is 1. The lowest BCUT2D eigenvalue weighted by Gasteiger charge is -2.41. The highest BCUT2D eigenvalue weighted by atomic mass is 16.5. The summed E-state index contributed by atoms with van der Waals surface area (Å²) < 4.78 is 5.44. The van der Waals surface area contributed by atoms with Gasteiger partial charge in [-0.3, -0.25) is 9.69 Å². The van der Waals surface area contributed by atoms with E-state index < -0.39 is 0 Å². The van der Waals surface area contributed by atoms with Crippen LogP contribution in [0.2, 0.25) is 0 Å². The van der Waals surface area contributed by atoms with E-state index in [9.17, 15) is 4.79 Å². The Hall–Kier alpha value is -1.90. The molecule has 2 aliphatic rings. The van der Waals surface area contributed by atoms with Gasteiger partial charge < -0.3 is 9.64 Å². The molecule has 1 aromatic rings. The summed E-state index contributed by atoms with van der Waals surface area (Å²) >= 11 is 0. The summed E-state index contributed by atoms with van der Waals surface area (Å²) in [6, 6.07) is 9.63. The second-order valence-corrected chi connectivity index (χ2v) is 6.71. The Morgan fingerprint density at radius 1 is 1.25 bits per heavy atom. The van der Waals surface area contributed by atoms with Crippen LogP contribution < -0.4 is 0 Å². The molecule has 2 heterocycles. The maximum absolute atomic E-state index is 12.6. The molecule has 0 N–H and O–H groups in total. The van der Waals surface area contributed by atoms with E-state index in [-0.39, 0.29) is 5.91 Å². The van der Waals surface area contributed by atoms with E-state index in [0.29, 0.717) is 23.1 Å². The van der Waals surface area contributed by atoms with Crippen molar-refractivity contribution < 1.29 is 9.53 Å². The van der Waals surface area contributed by atoms with Crippen LogP contribution in [0, 0.1) is 17.2 Å². The normalized spacial score (nSPS) is 21.2. The third-order valence-corrected chi connectivity index (χ3v) is 5.37. The minimum Gasteiger partial charge on any atom is -0.379 e. The van der Waals surface area contributed by atoms with Crippen LogP contribution >= 0.6 is 0 Å². The summed E-state index contributed by atoms with van der Waals surface area (Å²) in [5.74, 6) is 0.683. The third-order valence-electron chi connectivity index (χ3n) is 5.37. The van der Waals surface area contributed by atoms with Gasteiger partial charge >= 0.3 is 0 Å². The molecule has 0 unspecified atom stereocenters. The number of piperidine rings is 1. The minimum atomic E-state index is 0.0459. The molecule has 128 valence electrons. The van der Waals surface area contributed by atoms with Crippen LogP contribution in [-0.2, 0) is 4.74 Å². The molecule has 1 amide bonds. The summed E-state index contributed by atoms with van der Waals surface area (Å²) in [6.07, 6.45) is 2.09. The highest BCUT2D eigenvalue weighted by Crippen LogP contribution is 2.25. The average molecular weight is 327 g/mol. The molecule has 0 aromatic heterocycles. The van der Waals surface area contributed by atoms with Crippen molar-refractivity contribution >= 4 is 5.91 Å². The molecule has 0 spiro atoms. The standard InChI is InChI=1S/C19H25N3O2/c1-15(21-9-11-24-12-10-21)17-5-7-22(8-6-17)19(23)18-4-2-3-16(13-18)14-20/h2-4,13,15,17H,5-12H2,1H3/t15-/m0/s1. The van der Waals surface area contributed by atoms with Crippen molar-refractivity contribution in [2.24, 2.45) is 5.92 Å². The molecule has 0 aliphatic carbocycles. The van der Waals surface area contributed by atoms with Crippen molar-refractivity contribution in [3.8, 4) is 6.07 Å². The molecule has 5 nitrogen and oxygen atoms in total. The number of ether oxygens (including phenoxy) is 1. The maximum atomic E-state index is 12.6. The molecule has 1 aromatic carbocycles. The molecule has 24 heavy (non-hydrogen) atoms. The number of amides is 1. The van der Waals surface area contributed by atoms with Crippen LogP contribution in [0.3, 0.4) is 0 Å². The van der Waals surface area contributed by atoms with Gasteiger partial charge in [0.15, 0.2) is 0 Å². The molecule has 5 heteroatoms. The number of nitrogens with zero attached hydrogens (tertiary/aromatic N) is 3. The number of rotatable bonds is 3. The van der Waals surface area contributed by atoms with Gasteiger partial charge in [-0.1, -0.05) is 6.07 Å². The Morgan fingerprint density at radius 3 is 2.62 bits per heavy atom. The van der Waals surface area contributed by atoms with E-state index in [1.165, 1.54) is 0 Å². The molecule has 3 rings (SSSR count). The predicted molar refractivity (Wildman–Crippen MR) is 91.6 cm³/mol. The summed E-state index contributed by atoms with van der Waals surface area (Å²) in [7, 11) is 0. The Morgan fingerprint density at radius 2 is 1.96 bits per heavy atom. The van der Waals surface area contributed by atoms with Gasteiger partial charge in [0, 0.05) is 37.8 Å². The van der Waals surface area contributed by atoms with Gasteiger partial charge in [-0.05, 0) is 43.9 Å². The van der Waals surface area contributed by atoms with Crippen molar-refractivity contribution in [2.75, 3.05) is 39.4 Å². The lowest BCUT2D eigenvalue weighted by Crippen LogP contribution is -2.49.